The zero-order valence-corrected chi connectivity index (χ0v) is 15.5. The van der Waals surface area contributed by atoms with Gasteiger partial charge in [-0.15, -0.1) is 16.4 Å². The highest BCUT2D eigenvalue weighted by atomic mass is 35.5. The number of nitrogens with one attached hydrogen (secondary N) is 1. The first kappa shape index (κ1) is 17.0. The molecule has 9 heteroatoms. The van der Waals surface area contributed by atoms with Crippen LogP contribution in [0.5, 0.6) is 0 Å². The maximum absolute atomic E-state index is 15.2. The Morgan fingerprint density at radius 1 is 1.40 bits per heavy atom. The molecule has 3 aromatic heterocycles. The Morgan fingerprint density at radius 3 is 3.00 bits per heavy atom. The predicted octanol–water partition coefficient (Wildman–Crippen LogP) is 5.09. The van der Waals surface area contributed by atoms with E-state index >= 15 is 4.39 Å². The van der Waals surface area contributed by atoms with Gasteiger partial charge in [-0.1, -0.05) is 17.7 Å². The maximum Gasteiger partial charge on any atom is 0.243 e. The van der Waals surface area contributed by atoms with Crippen LogP contribution in [-0.4, -0.2) is 21.2 Å². The molecule has 0 aromatic carbocycles. The molecule has 132 valence electrons. The van der Waals surface area contributed by atoms with Gasteiger partial charge < -0.3 is 10.1 Å². The Bertz CT molecular complexity index is 894. The van der Waals surface area contributed by atoms with E-state index in [1.165, 1.54) is 4.52 Å². The summed E-state index contributed by atoms with van der Waals surface area (Å²) in [4.78, 5) is 5.25. The third-order valence-corrected chi connectivity index (χ3v) is 5.59. The summed E-state index contributed by atoms with van der Waals surface area (Å²) in [6.07, 6.45) is 2.31. The number of aromatic nitrogens is 3. The molecule has 0 aliphatic carbocycles. The zero-order chi connectivity index (χ0) is 17.4. The Labute approximate surface area is 157 Å². The standard InChI is InChI=1S/C16H15Cl2FN4OS/c17-14-11(10-5-1-2-6-24-10)12(19)13-15(21-16(18)22-23(13)14)20-8-9-4-3-7-25-9/h3-4,7,10H,1-2,5-6,8H2,(H,20,21,22). The second-order valence-electron chi connectivity index (χ2n) is 5.80. The molecule has 1 aliphatic rings. The van der Waals surface area contributed by atoms with E-state index < -0.39 is 5.82 Å². The van der Waals surface area contributed by atoms with E-state index in [9.17, 15) is 0 Å². The third-order valence-electron chi connectivity index (χ3n) is 4.19. The van der Waals surface area contributed by atoms with Crippen molar-refractivity contribution in [1.29, 1.82) is 0 Å². The van der Waals surface area contributed by atoms with Gasteiger partial charge in [0.1, 0.15) is 10.7 Å². The SMILES string of the molecule is Fc1c(C2CCCCO2)c(Cl)n2nc(Cl)nc(NCc3cccs3)c12. The van der Waals surface area contributed by atoms with Gasteiger partial charge in [0, 0.05) is 11.5 Å². The number of ether oxygens (including phenoxy) is 1. The minimum absolute atomic E-state index is 0.00538. The third kappa shape index (κ3) is 3.21. The highest BCUT2D eigenvalue weighted by Gasteiger charge is 2.29. The monoisotopic (exact) mass is 400 g/mol. The molecule has 0 spiro atoms. The Hall–Kier alpha value is -1.41. The Kier molecular flexibility index (Phi) is 4.82. The molecule has 1 atom stereocenters. The van der Waals surface area contributed by atoms with Crippen LogP contribution in [0.15, 0.2) is 17.5 Å². The molecule has 0 radical (unpaired) electrons. The fraction of sp³-hybridized carbons (Fsp3) is 0.375. The van der Waals surface area contributed by atoms with Gasteiger partial charge in [-0.05, 0) is 42.3 Å². The molecular weight excluding hydrogens is 386 g/mol. The lowest BCUT2D eigenvalue weighted by molar-refractivity contribution is 0.0131. The van der Waals surface area contributed by atoms with Crippen LogP contribution in [0.25, 0.3) is 5.52 Å². The number of nitrogens with zero attached hydrogens (tertiary/aromatic N) is 3. The lowest BCUT2D eigenvalue weighted by atomic mass is 10.0. The van der Waals surface area contributed by atoms with E-state index in [4.69, 9.17) is 27.9 Å². The number of fused-ring (bicyclic) bond motifs is 1. The quantitative estimate of drug-likeness (QED) is 0.662. The summed E-state index contributed by atoms with van der Waals surface area (Å²) in [5.41, 5.74) is 0.521. The zero-order valence-electron chi connectivity index (χ0n) is 13.1. The van der Waals surface area contributed by atoms with E-state index in [0.717, 1.165) is 24.1 Å². The van der Waals surface area contributed by atoms with E-state index in [1.807, 2.05) is 17.5 Å². The molecule has 4 rings (SSSR count). The fourth-order valence-electron chi connectivity index (χ4n) is 3.02. The van der Waals surface area contributed by atoms with Crippen LogP contribution in [0, 0.1) is 5.82 Å². The summed E-state index contributed by atoms with van der Waals surface area (Å²) in [6.45, 7) is 1.11. The van der Waals surface area contributed by atoms with Gasteiger partial charge in [-0.3, -0.25) is 0 Å². The van der Waals surface area contributed by atoms with Crippen LogP contribution >= 0.6 is 34.5 Å². The first-order valence-corrected chi connectivity index (χ1v) is 9.59. The van der Waals surface area contributed by atoms with Crippen LogP contribution < -0.4 is 5.32 Å². The molecule has 25 heavy (non-hydrogen) atoms. The molecule has 4 heterocycles. The average molecular weight is 401 g/mol. The van der Waals surface area contributed by atoms with Crippen molar-refractivity contribution in [3.63, 3.8) is 0 Å². The van der Waals surface area contributed by atoms with Crippen molar-refractivity contribution in [1.82, 2.24) is 14.6 Å². The molecule has 0 bridgehead atoms. The Morgan fingerprint density at radius 2 is 2.28 bits per heavy atom. The fourth-order valence-corrected chi connectivity index (χ4v) is 4.15. The smallest absolute Gasteiger partial charge is 0.243 e. The van der Waals surface area contributed by atoms with Crippen molar-refractivity contribution in [3.8, 4) is 0 Å². The molecule has 5 nitrogen and oxygen atoms in total. The molecule has 1 unspecified atom stereocenters. The van der Waals surface area contributed by atoms with Crippen molar-refractivity contribution in [2.75, 3.05) is 11.9 Å². The molecular formula is C16H15Cl2FN4OS. The summed E-state index contributed by atoms with van der Waals surface area (Å²) in [6, 6.07) is 3.94. The van der Waals surface area contributed by atoms with Crippen LogP contribution in [0.2, 0.25) is 10.4 Å². The summed E-state index contributed by atoms with van der Waals surface area (Å²) in [7, 11) is 0. The normalized spacial score (nSPS) is 18.0. The summed E-state index contributed by atoms with van der Waals surface area (Å²) in [5, 5.41) is 9.35. The lowest BCUT2D eigenvalue weighted by Crippen LogP contribution is -2.12. The second kappa shape index (κ2) is 7.07. The first-order valence-electron chi connectivity index (χ1n) is 7.96. The number of anilines is 1. The van der Waals surface area contributed by atoms with Crippen molar-refractivity contribution in [2.45, 2.75) is 31.9 Å². The second-order valence-corrected chi connectivity index (χ2v) is 7.52. The van der Waals surface area contributed by atoms with E-state index in [0.29, 0.717) is 24.5 Å². The number of hydrogen-bond acceptors (Lipinski definition) is 5. The van der Waals surface area contributed by atoms with Gasteiger partial charge in [0.15, 0.2) is 11.6 Å². The Balaban J connectivity index is 1.77. The number of thiophene rings is 1. The number of hydrogen-bond donors (Lipinski definition) is 1. The number of rotatable bonds is 4. The first-order chi connectivity index (χ1) is 12.1. The van der Waals surface area contributed by atoms with Gasteiger partial charge in [0.2, 0.25) is 5.28 Å². The highest BCUT2D eigenvalue weighted by Crippen LogP contribution is 2.39. The topological polar surface area (TPSA) is 51.5 Å². The summed E-state index contributed by atoms with van der Waals surface area (Å²) in [5.74, 6) is -0.142. The van der Waals surface area contributed by atoms with Gasteiger partial charge in [-0.25, -0.2) is 8.91 Å². The van der Waals surface area contributed by atoms with Crippen molar-refractivity contribution < 1.29 is 9.13 Å². The van der Waals surface area contributed by atoms with E-state index in [-0.39, 0.29) is 22.1 Å². The highest BCUT2D eigenvalue weighted by molar-refractivity contribution is 7.09. The van der Waals surface area contributed by atoms with Crippen LogP contribution in [-0.2, 0) is 11.3 Å². The molecule has 1 fully saturated rings. The van der Waals surface area contributed by atoms with E-state index in [2.05, 4.69) is 15.4 Å². The van der Waals surface area contributed by atoms with Gasteiger partial charge in [-0.2, -0.15) is 4.98 Å². The minimum Gasteiger partial charge on any atom is -0.373 e. The summed E-state index contributed by atoms with van der Waals surface area (Å²) < 4.78 is 22.2. The summed E-state index contributed by atoms with van der Waals surface area (Å²) >= 11 is 14.0. The van der Waals surface area contributed by atoms with Gasteiger partial charge >= 0.3 is 0 Å². The molecule has 0 saturated carbocycles. The van der Waals surface area contributed by atoms with Crippen molar-refractivity contribution in [3.05, 3.63) is 44.2 Å². The van der Waals surface area contributed by atoms with Gasteiger partial charge in [0.05, 0.1) is 18.2 Å². The largest absolute Gasteiger partial charge is 0.373 e. The van der Waals surface area contributed by atoms with E-state index in [1.54, 1.807) is 11.3 Å². The van der Waals surface area contributed by atoms with Crippen LogP contribution in [0.1, 0.15) is 35.8 Å². The van der Waals surface area contributed by atoms with Crippen LogP contribution in [0.3, 0.4) is 0 Å². The van der Waals surface area contributed by atoms with Crippen LogP contribution in [0.4, 0.5) is 10.2 Å². The maximum atomic E-state index is 15.2. The minimum atomic E-state index is -0.456. The molecule has 0 amide bonds. The molecule has 1 aliphatic heterocycles. The van der Waals surface area contributed by atoms with Crippen molar-refractivity contribution in [2.24, 2.45) is 0 Å². The lowest BCUT2D eigenvalue weighted by Gasteiger charge is -2.22. The molecule has 1 N–H and O–H groups in total. The van der Waals surface area contributed by atoms with Crippen molar-refractivity contribution >= 4 is 45.9 Å². The van der Waals surface area contributed by atoms with Gasteiger partial charge in [0.25, 0.3) is 0 Å². The number of halogens is 3. The average Bonchev–Trinajstić information content (AvgIpc) is 3.21. The molecule has 3 aromatic rings. The predicted molar refractivity (Wildman–Crippen MR) is 97.2 cm³/mol. The molecule has 1 saturated heterocycles.